The van der Waals surface area contributed by atoms with Crippen molar-refractivity contribution in [2.24, 2.45) is 0 Å². The standard InChI is InChI=1S/C25H26F4N2O4/c1-14-11-20(34-2)21(18-7-9-30-22(14)18)23(26)31-10-8-17(35-13-25(27,28)29)12-19(31)15-3-5-16(6-4-15)24(32)33/h3-7,9,11,17,19,23,30H,8,10,12-13H2,1-2H3,(H,32,33)/t17-,19-,23?/m0/s1. The van der Waals surface area contributed by atoms with E-state index in [1.54, 1.807) is 35.4 Å². The topological polar surface area (TPSA) is 74.8 Å². The van der Waals surface area contributed by atoms with Crippen LogP contribution in [0.1, 0.15) is 52.2 Å². The number of halogens is 4. The van der Waals surface area contributed by atoms with E-state index in [-0.39, 0.29) is 24.9 Å². The van der Waals surface area contributed by atoms with Crippen molar-refractivity contribution in [2.75, 3.05) is 20.3 Å². The largest absolute Gasteiger partial charge is 0.496 e. The average molecular weight is 494 g/mol. The minimum absolute atomic E-state index is 0.0621. The fraction of sp³-hybridized carbons (Fsp3) is 0.400. The van der Waals surface area contributed by atoms with Crippen LogP contribution in [0.5, 0.6) is 5.75 Å². The molecule has 3 aromatic rings. The lowest BCUT2D eigenvalue weighted by Gasteiger charge is -2.41. The second-order valence-electron chi connectivity index (χ2n) is 8.66. The molecule has 1 aliphatic rings. The fourth-order valence-corrected chi connectivity index (χ4v) is 4.74. The number of carboxylic acid groups (broad SMARTS) is 1. The molecule has 10 heteroatoms. The van der Waals surface area contributed by atoms with Crippen molar-refractivity contribution in [3.8, 4) is 5.75 Å². The first-order valence-electron chi connectivity index (χ1n) is 11.1. The van der Waals surface area contributed by atoms with Crippen LogP contribution in [0.4, 0.5) is 17.6 Å². The first kappa shape index (κ1) is 25.0. The summed E-state index contributed by atoms with van der Waals surface area (Å²) in [6, 6.07) is 8.82. The Morgan fingerprint density at radius 2 is 1.97 bits per heavy atom. The van der Waals surface area contributed by atoms with Crippen LogP contribution >= 0.6 is 0 Å². The van der Waals surface area contributed by atoms with Crippen molar-refractivity contribution in [3.05, 3.63) is 64.8 Å². The van der Waals surface area contributed by atoms with E-state index >= 15 is 4.39 Å². The summed E-state index contributed by atoms with van der Waals surface area (Å²) in [4.78, 5) is 15.9. The molecule has 0 amide bonds. The Hall–Kier alpha value is -3.11. The number of benzene rings is 2. The van der Waals surface area contributed by atoms with E-state index < -0.39 is 37.2 Å². The third-order valence-corrected chi connectivity index (χ3v) is 6.41. The highest BCUT2D eigenvalue weighted by atomic mass is 19.4. The summed E-state index contributed by atoms with van der Waals surface area (Å²) in [5.41, 5.74) is 2.64. The Balaban J connectivity index is 1.70. The summed E-state index contributed by atoms with van der Waals surface area (Å²) in [6.07, 6.45) is -4.77. The van der Waals surface area contributed by atoms with Crippen molar-refractivity contribution in [1.29, 1.82) is 0 Å². The van der Waals surface area contributed by atoms with Gasteiger partial charge in [0.15, 0.2) is 6.30 Å². The van der Waals surface area contributed by atoms with E-state index in [1.807, 2.05) is 6.92 Å². The number of aryl methyl sites for hydroxylation is 1. The van der Waals surface area contributed by atoms with Crippen molar-refractivity contribution in [3.63, 3.8) is 0 Å². The van der Waals surface area contributed by atoms with Crippen LogP contribution < -0.4 is 4.74 Å². The Bertz CT molecular complexity index is 1190. The molecule has 35 heavy (non-hydrogen) atoms. The number of piperidine rings is 1. The van der Waals surface area contributed by atoms with Crippen molar-refractivity contribution in [1.82, 2.24) is 9.88 Å². The van der Waals surface area contributed by atoms with Crippen LogP contribution in [0.25, 0.3) is 10.9 Å². The van der Waals surface area contributed by atoms with Gasteiger partial charge in [0, 0.05) is 29.7 Å². The molecular weight excluding hydrogens is 468 g/mol. The number of aromatic amines is 1. The van der Waals surface area contributed by atoms with Crippen LogP contribution in [0.3, 0.4) is 0 Å². The van der Waals surface area contributed by atoms with Gasteiger partial charge in [0.2, 0.25) is 0 Å². The molecule has 1 unspecified atom stereocenters. The Kier molecular flexibility index (Phi) is 7.05. The molecule has 2 aromatic carbocycles. The number of nitrogens with one attached hydrogen (secondary N) is 1. The van der Waals surface area contributed by atoms with Crippen LogP contribution in [0.2, 0.25) is 0 Å². The van der Waals surface area contributed by atoms with Gasteiger partial charge in [-0.3, -0.25) is 4.90 Å². The van der Waals surface area contributed by atoms with Gasteiger partial charge in [-0.05, 0) is 55.2 Å². The molecule has 0 bridgehead atoms. The predicted octanol–water partition coefficient (Wildman–Crippen LogP) is 5.94. The zero-order chi connectivity index (χ0) is 25.3. The van der Waals surface area contributed by atoms with Crippen LogP contribution in [0, 0.1) is 6.92 Å². The van der Waals surface area contributed by atoms with Gasteiger partial charge in [-0.1, -0.05) is 12.1 Å². The lowest BCUT2D eigenvalue weighted by molar-refractivity contribution is -0.193. The molecule has 0 radical (unpaired) electrons. The maximum Gasteiger partial charge on any atom is 0.411 e. The number of likely N-dealkylation sites (tertiary alicyclic amines) is 1. The van der Waals surface area contributed by atoms with Gasteiger partial charge in [0.05, 0.1) is 24.3 Å². The number of methoxy groups -OCH3 is 1. The van der Waals surface area contributed by atoms with Gasteiger partial charge in [0.25, 0.3) is 0 Å². The normalized spacial score (nSPS) is 20.2. The number of carboxylic acids is 1. The number of aromatic nitrogens is 1. The number of carbonyl (C=O) groups is 1. The molecule has 188 valence electrons. The molecule has 2 N–H and O–H groups in total. The highest BCUT2D eigenvalue weighted by molar-refractivity contribution is 5.88. The summed E-state index contributed by atoms with van der Waals surface area (Å²) in [7, 11) is 1.46. The van der Waals surface area contributed by atoms with E-state index in [1.165, 1.54) is 19.2 Å². The van der Waals surface area contributed by atoms with E-state index in [2.05, 4.69) is 4.98 Å². The zero-order valence-electron chi connectivity index (χ0n) is 19.2. The van der Waals surface area contributed by atoms with E-state index in [0.29, 0.717) is 22.3 Å². The van der Waals surface area contributed by atoms with Gasteiger partial charge >= 0.3 is 12.1 Å². The highest BCUT2D eigenvalue weighted by Crippen LogP contribution is 2.44. The third kappa shape index (κ3) is 5.28. The first-order chi connectivity index (χ1) is 16.6. The maximum atomic E-state index is 16.4. The van der Waals surface area contributed by atoms with E-state index in [4.69, 9.17) is 9.47 Å². The summed E-state index contributed by atoms with van der Waals surface area (Å²) in [5.74, 6) is -0.733. The number of hydrogen-bond donors (Lipinski definition) is 2. The molecule has 4 rings (SSSR count). The molecular formula is C25H26F4N2O4. The number of ether oxygens (including phenoxy) is 2. The number of fused-ring (bicyclic) bond motifs is 1. The van der Waals surface area contributed by atoms with Crippen LogP contribution in [-0.2, 0) is 4.74 Å². The Labute approximate surface area is 199 Å². The number of nitrogens with zero attached hydrogens (tertiary/aromatic N) is 1. The Morgan fingerprint density at radius 3 is 2.60 bits per heavy atom. The lowest BCUT2D eigenvalue weighted by atomic mass is 9.91. The summed E-state index contributed by atoms with van der Waals surface area (Å²) in [6.45, 7) is 0.643. The molecule has 0 aliphatic carbocycles. The molecule has 3 atom stereocenters. The quantitative estimate of drug-likeness (QED) is 0.314. The molecule has 1 fully saturated rings. The minimum Gasteiger partial charge on any atom is -0.496 e. The fourth-order valence-electron chi connectivity index (χ4n) is 4.74. The van der Waals surface area contributed by atoms with Crippen LogP contribution in [-0.4, -0.2) is 53.5 Å². The van der Waals surface area contributed by atoms with Gasteiger partial charge < -0.3 is 19.6 Å². The molecule has 0 saturated carbocycles. The summed E-state index contributed by atoms with van der Waals surface area (Å²) < 4.78 is 65.2. The molecule has 0 spiro atoms. The van der Waals surface area contributed by atoms with Crippen molar-refractivity contribution < 1.29 is 36.9 Å². The molecule has 1 aliphatic heterocycles. The number of rotatable bonds is 7. The summed E-state index contributed by atoms with van der Waals surface area (Å²) >= 11 is 0. The molecule has 1 aromatic heterocycles. The number of H-pyrrole nitrogens is 1. The SMILES string of the molecule is COc1cc(C)c2[nH]ccc2c1C(F)N1CC[C@H](OCC(F)(F)F)C[C@H]1c1ccc(C(=O)O)cc1. The predicted molar refractivity (Wildman–Crippen MR) is 121 cm³/mol. The number of alkyl halides is 4. The number of hydrogen-bond acceptors (Lipinski definition) is 4. The Morgan fingerprint density at radius 1 is 1.26 bits per heavy atom. The molecule has 2 heterocycles. The van der Waals surface area contributed by atoms with Gasteiger partial charge in [-0.2, -0.15) is 13.2 Å². The number of aromatic carboxylic acids is 1. The lowest BCUT2D eigenvalue weighted by Crippen LogP contribution is -2.41. The van der Waals surface area contributed by atoms with Crippen molar-refractivity contribution >= 4 is 16.9 Å². The smallest absolute Gasteiger partial charge is 0.411 e. The monoisotopic (exact) mass is 494 g/mol. The average Bonchev–Trinajstić information content (AvgIpc) is 3.32. The highest BCUT2D eigenvalue weighted by Gasteiger charge is 2.39. The second kappa shape index (κ2) is 9.87. The maximum absolute atomic E-state index is 16.4. The van der Waals surface area contributed by atoms with Crippen LogP contribution in [0.15, 0.2) is 42.6 Å². The summed E-state index contributed by atoms with van der Waals surface area (Å²) in [5, 5.41) is 9.87. The molecule has 1 saturated heterocycles. The third-order valence-electron chi connectivity index (χ3n) is 6.41. The van der Waals surface area contributed by atoms with Gasteiger partial charge in [-0.25, -0.2) is 9.18 Å². The van der Waals surface area contributed by atoms with E-state index in [0.717, 1.165) is 11.1 Å². The van der Waals surface area contributed by atoms with Crippen molar-refractivity contribution in [2.45, 2.75) is 44.4 Å². The first-order valence-corrected chi connectivity index (χ1v) is 11.1. The van der Waals surface area contributed by atoms with E-state index in [9.17, 15) is 23.1 Å². The second-order valence-corrected chi connectivity index (χ2v) is 8.66. The minimum atomic E-state index is -4.46. The van der Waals surface area contributed by atoms with Gasteiger partial charge in [0.1, 0.15) is 12.4 Å². The van der Waals surface area contributed by atoms with Gasteiger partial charge in [-0.15, -0.1) is 0 Å². The molecule has 6 nitrogen and oxygen atoms in total. The zero-order valence-corrected chi connectivity index (χ0v) is 19.2.